The van der Waals surface area contributed by atoms with E-state index in [9.17, 15) is 9.59 Å². The smallest absolute Gasteiger partial charge is 0.307 e. The molecule has 0 bridgehead atoms. The summed E-state index contributed by atoms with van der Waals surface area (Å²) in [6.45, 7) is 0.367. The fourth-order valence-electron chi connectivity index (χ4n) is 1.30. The second-order valence-electron chi connectivity index (χ2n) is 3.68. The topological polar surface area (TPSA) is 59.5 Å². The summed E-state index contributed by atoms with van der Waals surface area (Å²) in [6.07, 6.45) is 3.83. The number of nitrogens with zero attached hydrogens (tertiary/aromatic N) is 2. The minimum atomic E-state index is -0.314. The van der Waals surface area contributed by atoms with Gasteiger partial charge < -0.3 is 9.64 Å². The Morgan fingerprint density at radius 3 is 2.82 bits per heavy atom. The highest BCUT2D eigenvalue weighted by Crippen LogP contribution is 2.01. The molecule has 1 amide bonds. The quantitative estimate of drug-likeness (QED) is 0.704. The van der Waals surface area contributed by atoms with Crippen molar-refractivity contribution in [1.29, 1.82) is 0 Å². The number of ether oxygens (including phenoxy) is 1. The zero-order valence-electron chi connectivity index (χ0n) is 10.0. The van der Waals surface area contributed by atoms with Crippen LogP contribution in [0.15, 0.2) is 24.5 Å². The molecule has 92 valence electrons. The molecule has 17 heavy (non-hydrogen) atoms. The lowest BCUT2D eigenvalue weighted by Gasteiger charge is -2.16. The van der Waals surface area contributed by atoms with E-state index in [0.29, 0.717) is 13.0 Å². The van der Waals surface area contributed by atoms with Gasteiger partial charge in [-0.1, -0.05) is 6.07 Å². The van der Waals surface area contributed by atoms with Crippen LogP contribution in [0, 0.1) is 0 Å². The zero-order chi connectivity index (χ0) is 12.7. The molecule has 5 heteroatoms. The third kappa shape index (κ3) is 4.63. The van der Waals surface area contributed by atoms with Crippen LogP contribution in [-0.4, -0.2) is 42.5 Å². The van der Waals surface area contributed by atoms with Crippen molar-refractivity contribution in [1.82, 2.24) is 9.88 Å². The predicted octanol–water partition coefficient (Wildman–Crippen LogP) is 0.646. The second-order valence-corrected chi connectivity index (χ2v) is 3.68. The Kier molecular flexibility index (Phi) is 5.13. The predicted molar refractivity (Wildman–Crippen MR) is 62.2 cm³/mol. The molecule has 0 aliphatic carbocycles. The van der Waals surface area contributed by atoms with Crippen LogP contribution >= 0.6 is 0 Å². The first-order chi connectivity index (χ1) is 8.13. The lowest BCUT2D eigenvalue weighted by molar-refractivity contribution is -0.141. The van der Waals surface area contributed by atoms with Crippen LogP contribution in [0.25, 0.3) is 0 Å². The molecule has 0 fully saturated rings. The fourth-order valence-corrected chi connectivity index (χ4v) is 1.30. The highest BCUT2D eigenvalue weighted by Gasteiger charge is 2.11. The van der Waals surface area contributed by atoms with Gasteiger partial charge in [0.25, 0.3) is 0 Å². The van der Waals surface area contributed by atoms with Gasteiger partial charge in [-0.25, -0.2) is 0 Å². The van der Waals surface area contributed by atoms with Gasteiger partial charge in [0.15, 0.2) is 0 Å². The van der Waals surface area contributed by atoms with Gasteiger partial charge in [-0.3, -0.25) is 14.6 Å². The Morgan fingerprint density at radius 1 is 1.47 bits per heavy atom. The van der Waals surface area contributed by atoms with E-state index in [1.54, 1.807) is 25.5 Å². The molecule has 0 saturated heterocycles. The van der Waals surface area contributed by atoms with E-state index in [-0.39, 0.29) is 18.3 Å². The maximum atomic E-state index is 11.8. The van der Waals surface area contributed by atoms with E-state index in [1.165, 1.54) is 12.0 Å². The van der Waals surface area contributed by atoms with Crippen LogP contribution in [0.4, 0.5) is 0 Å². The normalized spacial score (nSPS) is 9.76. The Bertz CT molecular complexity index is 379. The van der Waals surface area contributed by atoms with Crippen molar-refractivity contribution in [3.05, 3.63) is 30.1 Å². The van der Waals surface area contributed by atoms with Crippen molar-refractivity contribution in [2.75, 3.05) is 20.7 Å². The van der Waals surface area contributed by atoms with Crippen LogP contribution in [0.5, 0.6) is 0 Å². The van der Waals surface area contributed by atoms with Crippen LogP contribution in [0.2, 0.25) is 0 Å². The molecule has 0 aliphatic heterocycles. The van der Waals surface area contributed by atoms with E-state index in [1.807, 2.05) is 6.07 Å². The van der Waals surface area contributed by atoms with Gasteiger partial charge in [0.1, 0.15) is 0 Å². The number of pyridine rings is 1. The number of aromatic nitrogens is 1. The molecule has 0 aliphatic rings. The van der Waals surface area contributed by atoms with Gasteiger partial charge in [0.05, 0.1) is 20.0 Å². The molecule has 0 radical (unpaired) electrons. The molecular weight excluding hydrogens is 220 g/mol. The Hall–Kier alpha value is -1.91. The highest BCUT2D eigenvalue weighted by atomic mass is 16.5. The molecular formula is C12H16N2O3. The number of esters is 1. The first-order valence-corrected chi connectivity index (χ1v) is 5.33. The van der Waals surface area contributed by atoms with Crippen LogP contribution in [0.1, 0.15) is 12.0 Å². The molecule has 1 aromatic rings. The molecule has 0 N–H and O–H groups in total. The van der Waals surface area contributed by atoms with Crippen molar-refractivity contribution in [3.8, 4) is 0 Å². The molecule has 0 spiro atoms. The first kappa shape index (κ1) is 13.2. The summed E-state index contributed by atoms with van der Waals surface area (Å²) in [5.74, 6) is -0.354. The number of rotatable bonds is 5. The van der Waals surface area contributed by atoms with Crippen LogP contribution in [0.3, 0.4) is 0 Å². The average Bonchev–Trinajstić information content (AvgIpc) is 2.36. The lowest BCUT2D eigenvalue weighted by atomic mass is 10.2. The number of carbonyl (C=O) groups is 2. The zero-order valence-corrected chi connectivity index (χ0v) is 10.0. The van der Waals surface area contributed by atoms with Crippen molar-refractivity contribution < 1.29 is 14.3 Å². The van der Waals surface area contributed by atoms with E-state index in [0.717, 1.165) is 5.56 Å². The third-order valence-electron chi connectivity index (χ3n) is 2.38. The van der Waals surface area contributed by atoms with Gasteiger partial charge >= 0.3 is 5.97 Å². The molecule has 0 atom stereocenters. The van der Waals surface area contributed by atoms with Gasteiger partial charge in [-0.05, 0) is 11.6 Å². The maximum absolute atomic E-state index is 11.8. The third-order valence-corrected chi connectivity index (χ3v) is 2.38. The number of hydrogen-bond acceptors (Lipinski definition) is 4. The molecule has 0 unspecified atom stereocenters. The molecule has 0 aromatic carbocycles. The Morgan fingerprint density at radius 2 is 2.24 bits per heavy atom. The van der Waals surface area contributed by atoms with Gasteiger partial charge in [0.2, 0.25) is 5.91 Å². The number of amides is 1. The second kappa shape index (κ2) is 6.62. The first-order valence-electron chi connectivity index (χ1n) is 5.33. The van der Waals surface area contributed by atoms with Gasteiger partial charge in [0, 0.05) is 26.0 Å². The van der Waals surface area contributed by atoms with Crippen molar-refractivity contribution >= 4 is 11.9 Å². The minimum Gasteiger partial charge on any atom is -0.469 e. The highest BCUT2D eigenvalue weighted by molar-refractivity contribution is 5.79. The molecule has 1 rings (SSSR count). The average molecular weight is 236 g/mol. The summed E-state index contributed by atoms with van der Waals surface area (Å²) < 4.78 is 4.51. The molecule has 0 saturated carbocycles. The number of methoxy groups -OCH3 is 1. The van der Waals surface area contributed by atoms with Crippen molar-refractivity contribution in [3.63, 3.8) is 0 Å². The Balaban J connectivity index is 2.40. The largest absolute Gasteiger partial charge is 0.469 e. The molecule has 1 aromatic heterocycles. The number of hydrogen-bond donors (Lipinski definition) is 0. The summed E-state index contributed by atoms with van der Waals surface area (Å²) in [5, 5.41) is 0. The van der Waals surface area contributed by atoms with Crippen LogP contribution in [-0.2, 0) is 20.7 Å². The van der Waals surface area contributed by atoms with E-state index < -0.39 is 0 Å². The molecule has 5 nitrogen and oxygen atoms in total. The summed E-state index contributed by atoms with van der Waals surface area (Å²) >= 11 is 0. The number of carbonyl (C=O) groups excluding carboxylic acids is 2. The Labute approximate surface area is 100 Å². The van der Waals surface area contributed by atoms with E-state index >= 15 is 0 Å². The summed E-state index contributed by atoms with van der Waals surface area (Å²) in [4.78, 5) is 28.1. The summed E-state index contributed by atoms with van der Waals surface area (Å²) in [6, 6.07) is 3.64. The van der Waals surface area contributed by atoms with Gasteiger partial charge in [-0.2, -0.15) is 0 Å². The summed E-state index contributed by atoms with van der Waals surface area (Å²) in [7, 11) is 3.00. The standard InChI is InChI=1S/C12H16N2O3/c1-14(7-5-12(16)17-2)11(15)8-10-4-3-6-13-9-10/h3-4,6,9H,5,7-8H2,1-2H3. The van der Waals surface area contributed by atoms with E-state index in [2.05, 4.69) is 9.72 Å². The monoisotopic (exact) mass is 236 g/mol. The minimum absolute atomic E-state index is 0.0399. The SMILES string of the molecule is COC(=O)CCN(C)C(=O)Cc1cccnc1. The van der Waals surface area contributed by atoms with Crippen molar-refractivity contribution in [2.24, 2.45) is 0 Å². The van der Waals surface area contributed by atoms with Crippen LogP contribution < -0.4 is 0 Å². The number of likely N-dealkylation sites (N-methyl/N-ethyl adjacent to an activating group) is 1. The lowest BCUT2D eigenvalue weighted by Crippen LogP contribution is -2.30. The molecule has 1 heterocycles. The fraction of sp³-hybridized carbons (Fsp3) is 0.417. The van der Waals surface area contributed by atoms with Crippen molar-refractivity contribution in [2.45, 2.75) is 12.8 Å². The van der Waals surface area contributed by atoms with E-state index in [4.69, 9.17) is 0 Å². The van der Waals surface area contributed by atoms with Gasteiger partial charge in [-0.15, -0.1) is 0 Å². The summed E-state index contributed by atoms with van der Waals surface area (Å²) in [5.41, 5.74) is 0.863. The maximum Gasteiger partial charge on any atom is 0.307 e.